The Kier molecular flexibility index (Phi) is 4.50. The van der Waals surface area contributed by atoms with Gasteiger partial charge in [-0.3, -0.25) is 4.79 Å². The van der Waals surface area contributed by atoms with Gasteiger partial charge in [0.2, 0.25) is 0 Å². The van der Waals surface area contributed by atoms with Crippen molar-refractivity contribution >= 4 is 27.3 Å². The fraction of sp³-hybridized carbons (Fsp3) is 0.357. The molecule has 0 aliphatic rings. The summed E-state index contributed by atoms with van der Waals surface area (Å²) in [4.78, 5) is 14.4. The number of fused-ring (bicyclic) bond motifs is 1. The number of amides is 1. The molecule has 1 aromatic heterocycles. The van der Waals surface area contributed by atoms with Crippen LogP contribution in [0.4, 0.5) is 4.39 Å². The molecule has 2 rings (SSSR count). The predicted molar refractivity (Wildman–Crippen MR) is 75.1 cm³/mol. The minimum absolute atomic E-state index is 0.0645. The van der Waals surface area contributed by atoms with Gasteiger partial charge in [-0.1, -0.05) is 13.0 Å². The topological polar surface area (TPSA) is 40.5 Å². The number of aliphatic hydroxyl groups is 1. The molecule has 0 bridgehead atoms. The van der Waals surface area contributed by atoms with Gasteiger partial charge in [0.15, 0.2) is 0 Å². The highest BCUT2D eigenvalue weighted by Gasteiger charge is 2.18. The van der Waals surface area contributed by atoms with Crippen LogP contribution in [0.15, 0.2) is 24.3 Å². The lowest BCUT2D eigenvalue weighted by molar-refractivity contribution is 0.0727. The third-order valence-corrected chi connectivity index (χ3v) is 3.96. The van der Waals surface area contributed by atoms with Crippen LogP contribution in [0.25, 0.3) is 10.1 Å². The SMILES string of the molecule is CCCN(CCO)C(=O)c1cc2c(F)cccc2s1. The van der Waals surface area contributed by atoms with Crippen LogP contribution in [0.3, 0.4) is 0 Å². The Labute approximate surface area is 115 Å². The van der Waals surface area contributed by atoms with E-state index in [0.717, 1.165) is 11.1 Å². The number of aliphatic hydroxyl groups excluding tert-OH is 1. The molecule has 1 N–H and O–H groups in total. The molecule has 0 fully saturated rings. The second-order valence-electron chi connectivity index (χ2n) is 4.28. The number of hydrogen-bond donors (Lipinski definition) is 1. The molecule has 19 heavy (non-hydrogen) atoms. The zero-order chi connectivity index (χ0) is 13.8. The van der Waals surface area contributed by atoms with Gasteiger partial charge < -0.3 is 10.0 Å². The van der Waals surface area contributed by atoms with Crippen molar-refractivity contribution in [3.63, 3.8) is 0 Å². The summed E-state index contributed by atoms with van der Waals surface area (Å²) in [6.07, 6.45) is 0.824. The third kappa shape index (κ3) is 2.93. The number of carbonyl (C=O) groups excluding carboxylic acids is 1. The zero-order valence-corrected chi connectivity index (χ0v) is 11.5. The second-order valence-corrected chi connectivity index (χ2v) is 5.36. The normalized spacial score (nSPS) is 10.9. The van der Waals surface area contributed by atoms with Crippen molar-refractivity contribution in [2.45, 2.75) is 13.3 Å². The summed E-state index contributed by atoms with van der Waals surface area (Å²) in [5, 5.41) is 9.48. The Bertz CT molecular complexity index is 576. The summed E-state index contributed by atoms with van der Waals surface area (Å²) in [6.45, 7) is 2.81. The maximum Gasteiger partial charge on any atom is 0.264 e. The maximum absolute atomic E-state index is 13.6. The largest absolute Gasteiger partial charge is 0.395 e. The third-order valence-electron chi connectivity index (χ3n) is 2.87. The van der Waals surface area contributed by atoms with Crippen molar-refractivity contribution < 1.29 is 14.3 Å². The number of benzene rings is 1. The quantitative estimate of drug-likeness (QED) is 0.915. The Morgan fingerprint density at radius 3 is 2.84 bits per heavy atom. The van der Waals surface area contributed by atoms with Gasteiger partial charge in [-0.05, 0) is 24.6 Å². The minimum atomic E-state index is -0.308. The molecule has 1 aromatic carbocycles. The van der Waals surface area contributed by atoms with E-state index < -0.39 is 0 Å². The Morgan fingerprint density at radius 1 is 1.42 bits per heavy atom. The van der Waals surface area contributed by atoms with Crippen molar-refractivity contribution in [1.29, 1.82) is 0 Å². The maximum atomic E-state index is 13.6. The van der Waals surface area contributed by atoms with E-state index in [2.05, 4.69) is 0 Å². The summed E-state index contributed by atoms with van der Waals surface area (Å²) in [5.41, 5.74) is 0. The lowest BCUT2D eigenvalue weighted by Gasteiger charge is -2.19. The van der Waals surface area contributed by atoms with E-state index in [-0.39, 0.29) is 18.3 Å². The molecule has 0 unspecified atom stereocenters. The molecular formula is C14H16FNO2S. The highest BCUT2D eigenvalue weighted by atomic mass is 32.1. The molecule has 1 heterocycles. The summed E-state index contributed by atoms with van der Waals surface area (Å²) in [6, 6.07) is 6.43. The first-order valence-electron chi connectivity index (χ1n) is 6.25. The van der Waals surface area contributed by atoms with E-state index in [9.17, 15) is 9.18 Å². The van der Waals surface area contributed by atoms with Crippen LogP contribution in [0.2, 0.25) is 0 Å². The van der Waals surface area contributed by atoms with Gasteiger partial charge in [0.25, 0.3) is 5.91 Å². The molecule has 0 saturated heterocycles. The van der Waals surface area contributed by atoms with Crippen LogP contribution >= 0.6 is 11.3 Å². The van der Waals surface area contributed by atoms with Crippen molar-refractivity contribution in [3.05, 3.63) is 35.0 Å². The second kappa shape index (κ2) is 6.12. The summed E-state index contributed by atoms with van der Waals surface area (Å²) in [7, 11) is 0. The molecule has 0 atom stereocenters. The van der Waals surface area contributed by atoms with Crippen LogP contribution < -0.4 is 0 Å². The van der Waals surface area contributed by atoms with Crippen molar-refractivity contribution in [2.24, 2.45) is 0 Å². The number of thiophene rings is 1. The van der Waals surface area contributed by atoms with E-state index in [1.807, 2.05) is 6.92 Å². The summed E-state index contributed by atoms with van der Waals surface area (Å²) < 4.78 is 14.4. The predicted octanol–water partition coefficient (Wildman–Crippen LogP) is 2.88. The molecule has 1 amide bonds. The first kappa shape index (κ1) is 14.0. The van der Waals surface area contributed by atoms with E-state index >= 15 is 0 Å². The van der Waals surface area contributed by atoms with Gasteiger partial charge in [0, 0.05) is 23.2 Å². The fourth-order valence-corrected chi connectivity index (χ4v) is 3.04. The summed E-state index contributed by atoms with van der Waals surface area (Å²) >= 11 is 1.29. The fourth-order valence-electron chi connectivity index (χ4n) is 1.99. The highest BCUT2D eigenvalue weighted by Crippen LogP contribution is 2.28. The average molecular weight is 281 g/mol. The van der Waals surface area contributed by atoms with Crippen LogP contribution in [0, 0.1) is 5.82 Å². The number of rotatable bonds is 5. The van der Waals surface area contributed by atoms with Gasteiger partial charge in [-0.15, -0.1) is 11.3 Å². The van der Waals surface area contributed by atoms with E-state index in [0.29, 0.717) is 23.4 Å². The lowest BCUT2D eigenvalue weighted by atomic mass is 10.2. The minimum Gasteiger partial charge on any atom is -0.395 e. The molecule has 5 heteroatoms. The lowest BCUT2D eigenvalue weighted by Crippen LogP contribution is -2.33. The van der Waals surface area contributed by atoms with E-state index in [4.69, 9.17) is 5.11 Å². The van der Waals surface area contributed by atoms with Crippen LogP contribution in [0.5, 0.6) is 0 Å². The van der Waals surface area contributed by atoms with Crippen molar-refractivity contribution in [3.8, 4) is 0 Å². The monoisotopic (exact) mass is 281 g/mol. The number of halogens is 1. The standard InChI is InChI=1S/C14H16FNO2S/c1-2-6-16(7-8-17)14(18)13-9-10-11(15)4-3-5-12(10)19-13/h3-5,9,17H,2,6-8H2,1H3. The molecule has 0 radical (unpaired) electrons. The molecular weight excluding hydrogens is 265 g/mol. The molecule has 2 aromatic rings. The van der Waals surface area contributed by atoms with Crippen LogP contribution in [-0.4, -0.2) is 35.6 Å². The van der Waals surface area contributed by atoms with Gasteiger partial charge in [-0.2, -0.15) is 0 Å². The van der Waals surface area contributed by atoms with E-state index in [1.165, 1.54) is 17.4 Å². The molecule has 102 valence electrons. The Morgan fingerprint density at radius 2 is 2.21 bits per heavy atom. The molecule has 0 saturated carbocycles. The van der Waals surface area contributed by atoms with Gasteiger partial charge in [-0.25, -0.2) is 4.39 Å². The van der Waals surface area contributed by atoms with E-state index in [1.54, 1.807) is 23.1 Å². The molecule has 0 spiro atoms. The van der Waals surface area contributed by atoms with Crippen LogP contribution in [-0.2, 0) is 0 Å². The summed E-state index contributed by atoms with van der Waals surface area (Å²) in [5.74, 6) is -0.450. The van der Waals surface area contributed by atoms with Gasteiger partial charge in [0.05, 0.1) is 11.5 Å². The van der Waals surface area contributed by atoms with Crippen molar-refractivity contribution in [2.75, 3.05) is 19.7 Å². The van der Waals surface area contributed by atoms with Crippen molar-refractivity contribution in [1.82, 2.24) is 4.90 Å². The first-order valence-corrected chi connectivity index (χ1v) is 7.07. The van der Waals surface area contributed by atoms with Gasteiger partial charge in [0.1, 0.15) is 5.82 Å². The molecule has 0 aliphatic heterocycles. The number of hydrogen-bond acceptors (Lipinski definition) is 3. The molecule has 0 aliphatic carbocycles. The van der Waals surface area contributed by atoms with Crippen LogP contribution in [0.1, 0.15) is 23.0 Å². The first-order chi connectivity index (χ1) is 9.17. The zero-order valence-electron chi connectivity index (χ0n) is 10.7. The number of carbonyl (C=O) groups is 1. The van der Waals surface area contributed by atoms with Gasteiger partial charge >= 0.3 is 0 Å². The Balaban J connectivity index is 2.32. The highest BCUT2D eigenvalue weighted by molar-refractivity contribution is 7.20. The molecule has 3 nitrogen and oxygen atoms in total. The Hall–Kier alpha value is -1.46. The average Bonchev–Trinajstić information content (AvgIpc) is 2.83. The smallest absolute Gasteiger partial charge is 0.264 e. The number of nitrogens with zero attached hydrogens (tertiary/aromatic N) is 1.